The number of amides is 2. The molecule has 1 aromatic carbocycles. The molecule has 3 N–H and O–H groups in total. The summed E-state index contributed by atoms with van der Waals surface area (Å²) in [5.41, 5.74) is 7.71. The van der Waals surface area contributed by atoms with E-state index in [0.29, 0.717) is 41.6 Å². The number of nitrogens with two attached hydrogens (primary N) is 1. The largest absolute Gasteiger partial charge is 0.398 e. The molecule has 0 aliphatic carbocycles. The Morgan fingerprint density at radius 2 is 2.06 bits per heavy atom. The molecule has 2 amide bonds. The summed E-state index contributed by atoms with van der Waals surface area (Å²) in [6.45, 7) is 0. The first-order valence-electron chi connectivity index (χ1n) is 5.29. The van der Waals surface area contributed by atoms with E-state index in [-0.39, 0.29) is 5.91 Å². The van der Waals surface area contributed by atoms with Gasteiger partial charge in [0.1, 0.15) is 0 Å². The van der Waals surface area contributed by atoms with Crippen LogP contribution in [0.2, 0.25) is 0 Å². The minimum absolute atomic E-state index is 0.368. The van der Waals surface area contributed by atoms with Crippen LogP contribution in [-0.4, -0.2) is 11.8 Å². The second-order valence-corrected chi connectivity index (χ2v) is 3.85. The number of benzene rings is 1. The smallest absolute Gasteiger partial charge is 0.259 e. The number of hydrogen-bond acceptors (Lipinski definition) is 4. The van der Waals surface area contributed by atoms with Crippen molar-refractivity contribution in [1.82, 2.24) is 5.32 Å². The van der Waals surface area contributed by atoms with Crippen molar-refractivity contribution in [3.8, 4) is 6.07 Å². The Bertz CT molecular complexity index is 543. The van der Waals surface area contributed by atoms with Crippen LogP contribution < -0.4 is 11.1 Å². The van der Waals surface area contributed by atoms with Gasteiger partial charge in [0.15, 0.2) is 0 Å². The lowest BCUT2D eigenvalue weighted by molar-refractivity contribution is 0.0879. The van der Waals surface area contributed by atoms with Crippen molar-refractivity contribution in [3.63, 3.8) is 0 Å². The van der Waals surface area contributed by atoms with Gasteiger partial charge in [-0.1, -0.05) is 0 Å². The molecule has 1 aromatic rings. The van der Waals surface area contributed by atoms with Gasteiger partial charge in [0.2, 0.25) is 0 Å². The molecule has 1 aliphatic heterocycles. The van der Waals surface area contributed by atoms with Crippen molar-refractivity contribution in [2.45, 2.75) is 19.3 Å². The quantitative estimate of drug-likeness (QED) is 0.459. The summed E-state index contributed by atoms with van der Waals surface area (Å²) in [5.74, 6) is -0.782. The van der Waals surface area contributed by atoms with E-state index in [4.69, 9.17) is 11.0 Å². The fraction of sp³-hybridized carbons (Fsp3) is 0.250. The molecule has 5 nitrogen and oxygen atoms in total. The van der Waals surface area contributed by atoms with Crippen LogP contribution in [0.1, 0.15) is 39.1 Å². The molecule has 0 bridgehead atoms. The fourth-order valence-electron chi connectivity index (χ4n) is 1.96. The van der Waals surface area contributed by atoms with E-state index in [9.17, 15) is 9.59 Å². The molecule has 0 saturated heterocycles. The zero-order valence-electron chi connectivity index (χ0n) is 9.12. The Morgan fingerprint density at radius 1 is 1.29 bits per heavy atom. The van der Waals surface area contributed by atoms with Crippen molar-refractivity contribution < 1.29 is 9.59 Å². The minimum Gasteiger partial charge on any atom is -0.398 e. The number of nitrogens with one attached hydrogen (secondary N) is 1. The molecule has 1 heterocycles. The lowest BCUT2D eigenvalue weighted by Gasteiger charge is -2.08. The first-order chi connectivity index (χ1) is 8.15. The third-order valence-corrected chi connectivity index (χ3v) is 2.76. The zero-order chi connectivity index (χ0) is 12.4. The molecule has 0 radical (unpaired) electrons. The molecule has 0 unspecified atom stereocenters. The van der Waals surface area contributed by atoms with Crippen molar-refractivity contribution in [2.75, 3.05) is 5.73 Å². The Labute approximate surface area is 98.2 Å². The Hall–Kier alpha value is -2.35. The summed E-state index contributed by atoms with van der Waals surface area (Å²) in [4.78, 5) is 23.1. The summed E-state index contributed by atoms with van der Waals surface area (Å²) in [7, 11) is 0. The topological polar surface area (TPSA) is 96.0 Å². The van der Waals surface area contributed by atoms with Gasteiger partial charge in [0.25, 0.3) is 11.8 Å². The molecule has 1 aliphatic rings. The molecule has 86 valence electrons. The third kappa shape index (κ3) is 1.85. The molecule has 0 fully saturated rings. The predicted octanol–water partition coefficient (Wildman–Crippen LogP) is 0.999. The van der Waals surface area contributed by atoms with E-state index in [1.165, 1.54) is 0 Å². The molecule has 0 atom stereocenters. The van der Waals surface area contributed by atoms with Gasteiger partial charge in [-0.25, -0.2) is 0 Å². The average Bonchev–Trinajstić information content (AvgIpc) is 2.58. The average molecular weight is 229 g/mol. The highest BCUT2D eigenvalue weighted by Crippen LogP contribution is 2.26. The first-order valence-corrected chi connectivity index (χ1v) is 5.29. The molecular formula is C12H11N3O2. The van der Waals surface area contributed by atoms with Crippen LogP contribution in [0.15, 0.2) is 12.1 Å². The van der Waals surface area contributed by atoms with E-state index in [2.05, 4.69) is 5.32 Å². The number of anilines is 1. The number of imide groups is 1. The summed E-state index contributed by atoms with van der Waals surface area (Å²) < 4.78 is 0. The zero-order valence-corrected chi connectivity index (χ0v) is 9.12. The van der Waals surface area contributed by atoms with Crippen molar-refractivity contribution in [1.29, 1.82) is 5.26 Å². The van der Waals surface area contributed by atoms with E-state index >= 15 is 0 Å². The van der Waals surface area contributed by atoms with E-state index in [1.807, 2.05) is 6.07 Å². The Balaban J connectivity index is 2.41. The SMILES string of the molecule is N#CCCCc1c(N)ccc2c1C(=O)NC2=O. The number of nitrogen functional groups attached to an aromatic ring is 1. The normalized spacial score (nSPS) is 13.1. The number of nitriles is 1. The molecule has 2 rings (SSSR count). The lowest BCUT2D eigenvalue weighted by Crippen LogP contribution is -2.20. The third-order valence-electron chi connectivity index (χ3n) is 2.76. The van der Waals surface area contributed by atoms with Crippen molar-refractivity contribution in [3.05, 3.63) is 28.8 Å². The maximum Gasteiger partial charge on any atom is 0.259 e. The van der Waals surface area contributed by atoms with Crippen molar-refractivity contribution >= 4 is 17.5 Å². The number of fused-ring (bicyclic) bond motifs is 1. The lowest BCUT2D eigenvalue weighted by atomic mass is 9.96. The van der Waals surface area contributed by atoms with Crippen LogP contribution in [0.4, 0.5) is 5.69 Å². The van der Waals surface area contributed by atoms with Crippen LogP contribution in [0.5, 0.6) is 0 Å². The highest BCUT2D eigenvalue weighted by Gasteiger charge is 2.29. The molecule has 17 heavy (non-hydrogen) atoms. The van der Waals surface area contributed by atoms with Gasteiger partial charge in [0.05, 0.1) is 17.2 Å². The minimum atomic E-state index is -0.399. The highest BCUT2D eigenvalue weighted by atomic mass is 16.2. The summed E-state index contributed by atoms with van der Waals surface area (Å²) in [6.07, 6.45) is 1.56. The van der Waals surface area contributed by atoms with Crippen LogP contribution in [0.25, 0.3) is 0 Å². The molecular weight excluding hydrogens is 218 g/mol. The maximum atomic E-state index is 11.6. The van der Waals surface area contributed by atoms with E-state index < -0.39 is 5.91 Å². The second-order valence-electron chi connectivity index (χ2n) is 3.85. The monoisotopic (exact) mass is 229 g/mol. The maximum absolute atomic E-state index is 11.6. The standard InChI is InChI=1S/C12H11N3O2/c13-6-2-1-3-7-9(14)5-4-8-10(7)12(17)15-11(8)16/h4-5H,1-3,14H2,(H,15,16,17). The molecule has 0 spiro atoms. The first kappa shape index (κ1) is 11.1. The van der Waals surface area contributed by atoms with Crippen molar-refractivity contribution in [2.24, 2.45) is 0 Å². The number of nitrogens with zero attached hydrogens (tertiary/aromatic N) is 1. The summed E-state index contributed by atoms with van der Waals surface area (Å²) in [6, 6.07) is 5.21. The van der Waals surface area contributed by atoms with Crippen LogP contribution in [0.3, 0.4) is 0 Å². The van der Waals surface area contributed by atoms with Gasteiger partial charge in [-0.2, -0.15) is 5.26 Å². The molecule has 5 heteroatoms. The molecule has 0 saturated carbocycles. The fourth-order valence-corrected chi connectivity index (χ4v) is 1.96. The van der Waals surface area contributed by atoms with Crippen LogP contribution in [0, 0.1) is 11.3 Å². The van der Waals surface area contributed by atoms with Gasteiger partial charge in [-0.15, -0.1) is 0 Å². The number of carbonyl (C=O) groups is 2. The van der Waals surface area contributed by atoms with E-state index in [0.717, 1.165) is 0 Å². The highest BCUT2D eigenvalue weighted by molar-refractivity contribution is 6.22. The Morgan fingerprint density at radius 3 is 2.76 bits per heavy atom. The van der Waals surface area contributed by atoms with Gasteiger partial charge in [-0.3, -0.25) is 14.9 Å². The summed E-state index contributed by atoms with van der Waals surface area (Å²) in [5, 5.41) is 10.7. The van der Waals surface area contributed by atoms with Gasteiger partial charge < -0.3 is 5.73 Å². The second kappa shape index (κ2) is 4.26. The van der Waals surface area contributed by atoms with Crippen LogP contribution in [-0.2, 0) is 6.42 Å². The van der Waals surface area contributed by atoms with Gasteiger partial charge in [0, 0.05) is 12.1 Å². The Kier molecular flexibility index (Phi) is 2.79. The number of hydrogen-bond donors (Lipinski definition) is 2. The number of rotatable bonds is 3. The molecule has 0 aromatic heterocycles. The van der Waals surface area contributed by atoms with Gasteiger partial charge >= 0.3 is 0 Å². The number of carbonyl (C=O) groups excluding carboxylic acids is 2. The number of unbranched alkanes of at least 4 members (excludes halogenated alkanes) is 1. The predicted molar refractivity (Wildman–Crippen MR) is 61.2 cm³/mol. The van der Waals surface area contributed by atoms with Gasteiger partial charge in [-0.05, 0) is 30.5 Å². The van der Waals surface area contributed by atoms with E-state index in [1.54, 1.807) is 12.1 Å². The van der Waals surface area contributed by atoms with Crippen LogP contribution >= 0.6 is 0 Å². The summed E-state index contributed by atoms with van der Waals surface area (Å²) >= 11 is 0.